The van der Waals surface area contributed by atoms with E-state index < -0.39 is 35.8 Å². The Kier molecular flexibility index (Phi) is 6.40. The zero-order valence-electron chi connectivity index (χ0n) is 10.1. The van der Waals surface area contributed by atoms with Gasteiger partial charge >= 0.3 is 11.9 Å². The first-order valence-corrected chi connectivity index (χ1v) is 5.26. The Morgan fingerprint density at radius 3 is 2.00 bits per heavy atom. The SMILES string of the molecule is CC(=O)NC(CCC(=O)N[C@@H](C)C(=O)O)C(=O)O. The van der Waals surface area contributed by atoms with Gasteiger partial charge in [0.15, 0.2) is 0 Å². The Morgan fingerprint density at radius 1 is 1.06 bits per heavy atom. The van der Waals surface area contributed by atoms with Gasteiger partial charge in [-0.25, -0.2) is 4.79 Å². The van der Waals surface area contributed by atoms with Crippen LogP contribution in [0.15, 0.2) is 0 Å². The Labute approximate surface area is 103 Å². The second-order valence-electron chi connectivity index (χ2n) is 3.76. The van der Waals surface area contributed by atoms with E-state index in [0.29, 0.717) is 0 Å². The number of carboxylic acids is 2. The van der Waals surface area contributed by atoms with Crippen LogP contribution < -0.4 is 10.6 Å². The van der Waals surface area contributed by atoms with Crippen molar-refractivity contribution in [2.45, 2.75) is 38.8 Å². The van der Waals surface area contributed by atoms with E-state index in [1.54, 1.807) is 0 Å². The topological polar surface area (TPSA) is 133 Å². The van der Waals surface area contributed by atoms with Crippen LogP contribution in [0.2, 0.25) is 0 Å². The zero-order valence-corrected chi connectivity index (χ0v) is 10.1. The van der Waals surface area contributed by atoms with Gasteiger partial charge in [-0.2, -0.15) is 0 Å². The second-order valence-corrected chi connectivity index (χ2v) is 3.76. The van der Waals surface area contributed by atoms with Crippen LogP contribution in [-0.4, -0.2) is 46.0 Å². The lowest BCUT2D eigenvalue weighted by Gasteiger charge is -2.14. The van der Waals surface area contributed by atoms with Gasteiger partial charge in [0.05, 0.1) is 0 Å². The first-order chi connectivity index (χ1) is 8.23. The van der Waals surface area contributed by atoms with E-state index in [-0.39, 0.29) is 12.8 Å². The van der Waals surface area contributed by atoms with Crippen molar-refractivity contribution in [3.8, 4) is 0 Å². The molecular weight excluding hydrogens is 244 g/mol. The molecule has 2 atom stereocenters. The van der Waals surface area contributed by atoms with Crippen LogP contribution in [0, 0.1) is 0 Å². The van der Waals surface area contributed by atoms with Crippen LogP contribution in [0.4, 0.5) is 0 Å². The van der Waals surface area contributed by atoms with Crippen LogP contribution >= 0.6 is 0 Å². The summed E-state index contributed by atoms with van der Waals surface area (Å²) in [5, 5.41) is 21.7. The molecule has 0 spiro atoms. The number of carboxylic acid groups (broad SMARTS) is 2. The molecule has 0 bridgehead atoms. The van der Waals surface area contributed by atoms with E-state index in [4.69, 9.17) is 10.2 Å². The lowest BCUT2D eigenvalue weighted by Crippen LogP contribution is -2.42. The average Bonchev–Trinajstić information content (AvgIpc) is 2.22. The predicted octanol–water partition coefficient (Wildman–Crippen LogP) is -1.05. The third-order valence-electron chi connectivity index (χ3n) is 2.08. The molecule has 0 radical (unpaired) electrons. The molecule has 8 heteroatoms. The third kappa shape index (κ3) is 6.46. The summed E-state index contributed by atoms with van der Waals surface area (Å²) in [5.74, 6) is -3.52. The lowest BCUT2D eigenvalue weighted by molar-refractivity contribution is -0.143. The first kappa shape index (κ1) is 15.9. The minimum Gasteiger partial charge on any atom is -0.480 e. The molecule has 0 aliphatic heterocycles. The molecule has 0 fully saturated rings. The minimum atomic E-state index is -1.25. The Bertz CT molecular complexity index is 354. The maximum atomic E-state index is 11.3. The van der Waals surface area contributed by atoms with E-state index in [1.165, 1.54) is 13.8 Å². The van der Waals surface area contributed by atoms with Crippen molar-refractivity contribution in [1.29, 1.82) is 0 Å². The molecule has 0 rings (SSSR count). The van der Waals surface area contributed by atoms with Crippen LogP contribution in [0.3, 0.4) is 0 Å². The summed E-state index contributed by atoms with van der Waals surface area (Å²) < 4.78 is 0. The van der Waals surface area contributed by atoms with Gasteiger partial charge in [-0.05, 0) is 13.3 Å². The molecule has 0 saturated carbocycles. The smallest absolute Gasteiger partial charge is 0.326 e. The molecule has 0 saturated heterocycles. The summed E-state index contributed by atoms with van der Waals surface area (Å²) in [6.07, 6.45) is -0.290. The van der Waals surface area contributed by atoms with Crippen molar-refractivity contribution in [2.75, 3.05) is 0 Å². The van der Waals surface area contributed by atoms with Crippen LogP contribution in [0.5, 0.6) is 0 Å². The van der Waals surface area contributed by atoms with E-state index in [9.17, 15) is 19.2 Å². The van der Waals surface area contributed by atoms with E-state index in [2.05, 4.69) is 10.6 Å². The lowest BCUT2D eigenvalue weighted by atomic mass is 10.1. The molecule has 0 heterocycles. The number of carbonyl (C=O) groups excluding carboxylic acids is 2. The second kappa shape index (κ2) is 7.25. The predicted molar refractivity (Wildman–Crippen MR) is 59.7 cm³/mol. The number of carbonyl (C=O) groups is 4. The van der Waals surface area contributed by atoms with Gasteiger partial charge in [0.1, 0.15) is 12.1 Å². The molecule has 102 valence electrons. The molecule has 0 aliphatic rings. The molecule has 1 unspecified atom stereocenters. The molecular formula is C10H16N2O6. The van der Waals surface area contributed by atoms with Crippen molar-refractivity contribution in [3.05, 3.63) is 0 Å². The van der Waals surface area contributed by atoms with Crippen molar-refractivity contribution >= 4 is 23.8 Å². The highest BCUT2D eigenvalue weighted by Crippen LogP contribution is 1.99. The highest BCUT2D eigenvalue weighted by Gasteiger charge is 2.20. The summed E-state index contributed by atoms with van der Waals surface area (Å²) in [4.78, 5) is 43.2. The fourth-order valence-electron chi connectivity index (χ4n) is 1.15. The van der Waals surface area contributed by atoms with Gasteiger partial charge in [0.25, 0.3) is 0 Å². The van der Waals surface area contributed by atoms with E-state index in [0.717, 1.165) is 0 Å². The normalized spacial score (nSPS) is 13.2. The Morgan fingerprint density at radius 2 is 1.61 bits per heavy atom. The molecule has 0 aromatic heterocycles. The Balaban J connectivity index is 4.19. The molecule has 0 aromatic rings. The van der Waals surface area contributed by atoms with Crippen LogP contribution in [0.25, 0.3) is 0 Å². The van der Waals surface area contributed by atoms with Gasteiger partial charge in [-0.1, -0.05) is 0 Å². The molecule has 2 amide bonds. The van der Waals surface area contributed by atoms with Crippen molar-refractivity contribution < 1.29 is 29.4 Å². The fourth-order valence-corrected chi connectivity index (χ4v) is 1.15. The molecule has 18 heavy (non-hydrogen) atoms. The summed E-state index contributed by atoms with van der Waals surface area (Å²) in [6.45, 7) is 2.46. The first-order valence-electron chi connectivity index (χ1n) is 5.26. The zero-order chi connectivity index (χ0) is 14.3. The number of hydrogen-bond acceptors (Lipinski definition) is 4. The van der Waals surface area contributed by atoms with Crippen LogP contribution in [-0.2, 0) is 19.2 Å². The number of hydrogen-bond donors (Lipinski definition) is 4. The number of rotatable bonds is 7. The molecule has 4 N–H and O–H groups in total. The van der Waals surface area contributed by atoms with Crippen molar-refractivity contribution in [3.63, 3.8) is 0 Å². The summed E-state index contributed by atoms with van der Waals surface area (Å²) in [5.41, 5.74) is 0. The number of amides is 2. The Hall–Kier alpha value is -2.12. The number of aliphatic carboxylic acids is 2. The summed E-state index contributed by atoms with van der Waals surface area (Å²) in [6, 6.07) is -2.20. The molecule has 8 nitrogen and oxygen atoms in total. The highest BCUT2D eigenvalue weighted by atomic mass is 16.4. The third-order valence-corrected chi connectivity index (χ3v) is 2.08. The van der Waals surface area contributed by atoms with Crippen molar-refractivity contribution in [2.24, 2.45) is 0 Å². The largest absolute Gasteiger partial charge is 0.480 e. The number of nitrogens with one attached hydrogen (secondary N) is 2. The average molecular weight is 260 g/mol. The van der Waals surface area contributed by atoms with E-state index in [1.807, 2.05) is 0 Å². The minimum absolute atomic E-state index is 0.104. The van der Waals surface area contributed by atoms with E-state index >= 15 is 0 Å². The monoisotopic (exact) mass is 260 g/mol. The maximum absolute atomic E-state index is 11.3. The fraction of sp³-hybridized carbons (Fsp3) is 0.600. The molecule has 0 aromatic carbocycles. The summed E-state index contributed by atoms with van der Waals surface area (Å²) in [7, 11) is 0. The van der Waals surface area contributed by atoms with Gasteiger partial charge in [-0.3, -0.25) is 14.4 Å². The summed E-state index contributed by atoms with van der Waals surface area (Å²) >= 11 is 0. The van der Waals surface area contributed by atoms with Gasteiger partial charge in [0.2, 0.25) is 11.8 Å². The maximum Gasteiger partial charge on any atom is 0.326 e. The molecule has 0 aliphatic carbocycles. The highest BCUT2D eigenvalue weighted by molar-refractivity contribution is 5.85. The standard InChI is InChI=1S/C10H16N2O6/c1-5(9(15)16)11-8(14)4-3-7(10(17)18)12-6(2)13/h5,7H,3-4H2,1-2H3,(H,11,14)(H,12,13)(H,15,16)(H,17,18)/t5-,7?/m0/s1. The van der Waals surface area contributed by atoms with Crippen molar-refractivity contribution in [1.82, 2.24) is 10.6 Å². The van der Waals surface area contributed by atoms with Crippen LogP contribution in [0.1, 0.15) is 26.7 Å². The quantitative estimate of drug-likeness (QED) is 0.461. The van der Waals surface area contributed by atoms with Gasteiger partial charge in [-0.15, -0.1) is 0 Å². The van der Waals surface area contributed by atoms with Gasteiger partial charge < -0.3 is 20.8 Å². The van der Waals surface area contributed by atoms with Gasteiger partial charge in [0, 0.05) is 13.3 Å².